The van der Waals surface area contributed by atoms with Gasteiger partial charge in [0.15, 0.2) is 0 Å². The molecule has 1 saturated heterocycles. The molecule has 0 saturated carbocycles. The van der Waals surface area contributed by atoms with E-state index in [4.69, 9.17) is 4.98 Å². The Kier molecular flexibility index (Phi) is 5.84. The van der Waals surface area contributed by atoms with Gasteiger partial charge in [0.25, 0.3) is 5.91 Å². The van der Waals surface area contributed by atoms with Crippen LogP contribution in [0.25, 0.3) is 22.6 Å². The minimum absolute atomic E-state index is 0.141. The molecule has 0 radical (unpaired) electrons. The molecule has 5 heteroatoms. The number of aromatic nitrogens is 2. The molecular weight excluding hydrogens is 432 g/mol. The standard InChI is InChI=1S/C30H28N4O/c35-30(34-17-15-33(16-18-34)21-23-9-6-14-31-20-23)28-25-10-4-5-11-27(25)32-29-24(12-13-26(28)29)19-22-7-2-1-3-8-22/h1-11,14,19-20H,12-13,15-18,21H2/b24-19-. The molecule has 4 aromatic rings. The van der Waals surface area contributed by atoms with Gasteiger partial charge < -0.3 is 4.90 Å². The number of benzene rings is 2. The number of fused-ring (bicyclic) bond motifs is 2. The lowest BCUT2D eigenvalue weighted by Crippen LogP contribution is -2.48. The molecule has 0 spiro atoms. The molecule has 0 bridgehead atoms. The van der Waals surface area contributed by atoms with Crippen LogP contribution in [-0.4, -0.2) is 51.9 Å². The Morgan fingerprint density at radius 1 is 0.886 bits per heavy atom. The van der Waals surface area contributed by atoms with Gasteiger partial charge in [-0.05, 0) is 53.3 Å². The van der Waals surface area contributed by atoms with Gasteiger partial charge in [-0.25, -0.2) is 4.98 Å². The van der Waals surface area contributed by atoms with Gasteiger partial charge in [-0.3, -0.25) is 14.7 Å². The van der Waals surface area contributed by atoms with Crippen LogP contribution >= 0.6 is 0 Å². The van der Waals surface area contributed by atoms with Crippen molar-refractivity contribution < 1.29 is 4.79 Å². The number of hydrogen-bond donors (Lipinski definition) is 0. The van der Waals surface area contributed by atoms with Crippen molar-refractivity contribution in [2.45, 2.75) is 19.4 Å². The molecule has 2 aromatic heterocycles. The molecule has 2 aliphatic rings. The van der Waals surface area contributed by atoms with Gasteiger partial charge in [0.2, 0.25) is 0 Å². The number of pyridine rings is 2. The molecule has 3 heterocycles. The van der Waals surface area contributed by atoms with Gasteiger partial charge in [0.1, 0.15) is 0 Å². The SMILES string of the molecule is O=C(c1c2c(nc3ccccc13)/C(=C\c1ccccc1)CC2)N1CCN(Cc2cccnc2)CC1. The van der Waals surface area contributed by atoms with Gasteiger partial charge in [-0.2, -0.15) is 0 Å². The fourth-order valence-corrected chi connectivity index (χ4v) is 5.29. The Bertz CT molecular complexity index is 1390. The second kappa shape index (κ2) is 9.43. The fraction of sp³-hybridized carbons (Fsp3) is 0.233. The van der Waals surface area contributed by atoms with Crippen LogP contribution in [0, 0.1) is 0 Å². The third-order valence-electron chi connectivity index (χ3n) is 7.08. The first-order valence-electron chi connectivity index (χ1n) is 12.3. The Hall–Kier alpha value is -3.83. The van der Waals surface area contributed by atoms with Crippen molar-refractivity contribution in [3.8, 4) is 0 Å². The highest BCUT2D eigenvalue weighted by molar-refractivity contribution is 6.09. The van der Waals surface area contributed by atoms with Crippen LogP contribution in [0.4, 0.5) is 0 Å². The smallest absolute Gasteiger partial charge is 0.254 e. The van der Waals surface area contributed by atoms with E-state index in [0.717, 1.165) is 73.3 Å². The molecule has 1 aliphatic carbocycles. The summed E-state index contributed by atoms with van der Waals surface area (Å²) in [5, 5.41) is 0.968. The number of piperazine rings is 1. The zero-order valence-electron chi connectivity index (χ0n) is 19.7. The molecule has 1 amide bonds. The number of nitrogens with zero attached hydrogens (tertiary/aromatic N) is 4. The van der Waals surface area contributed by atoms with E-state index in [1.165, 1.54) is 16.7 Å². The first-order valence-corrected chi connectivity index (χ1v) is 12.3. The predicted molar refractivity (Wildman–Crippen MR) is 140 cm³/mol. The average molecular weight is 461 g/mol. The second-order valence-electron chi connectivity index (χ2n) is 9.34. The summed E-state index contributed by atoms with van der Waals surface area (Å²) in [6.07, 6.45) is 7.71. The normalized spacial score (nSPS) is 17.1. The molecule has 0 atom stereocenters. The van der Waals surface area contributed by atoms with E-state index in [1.807, 2.05) is 47.5 Å². The number of carbonyl (C=O) groups is 1. The number of para-hydroxylation sites is 1. The number of amides is 1. The maximum absolute atomic E-state index is 14.0. The molecule has 6 rings (SSSR count). The maximum atomic E-state index is 14.0. The van der Waals surface area contributed by atoms with Crippen LogP contribution in [0.3, 0.4) is 0 Å². The summed E-state index contributed by atoms with van der Waals surface area (Å²) in [5.41, 5.74) is 7.44. The van der Waals surface area contributed by atoms with Crippen molar-refractivity contribution in [1.82, 2.24) is 19.8 Å². The monoisotopic (exact) mass is 460 g/mol. The highest BCUT2D eigenvalue weighted by Crippen LogP contribution is 2.38. The molecular formula is C30H28N4O. The Labute approximate surface area is 205 Å². The quantitative estimate of drug-likeness (QED) is 0.426. The van der Waals surface area contributed by atoms with Crippen molar-refractivity contribution >= 4 is 28.5 Å². The Balaban J connectivity index is 1.30. The lowest BCUT2D eigenvalue weighted by atomic mass is 9.99. The van der Waals surface area contributed by atoms with Crippen LogP contribution in [-0.2, 0) is 13.0 Å². The van der Waals surface area contributed by atoms with E-state index in [2.05, 4.69) is 46.3 Å². The second-order valence-corrected chi connectivity index (χ2v) is 9.34. The summed E-state index contributed by atoms with van der Waals surface area (Å²) in [4.78, 5) is 27.6. The molecule has 5 nitrogen and oxygen atoms in total. The van der Waals surface area contributed by atoms with Gasteiger partial charge in [0, 0.05) is 50.5 Å². The highest BCUT2D eigenvalue weighted by Gasteiger charge is 2.30. The summed E-state index contributed by atoms with van der Waals surface area (Å²) in [6.45, 7) is 4.07. The number of allylic oxidation sites excluding steroid dienone is 1. The van der Waals surface area contributed by atoms with Crippen LogP contribution in [0.15, 0.2) is 79.1 Å². The number of carbonyl (C=O) groups excluding carboxylic acids is 1. The van der Waals surface area contributed by atoms with E-state index in [-0.39, 0.29) is 5.91 Å². The minimum atomic E-state index is 0.141. The molecule has 1 aliphatic heterocycles. The number of hydrogen-bond acceptors (Lipinski definition) is 4. The van der Waals surface area contributed by atoms with Crippen LogP contribution in [0.5, 0.6) is 0 Å². The van der Waals surface area contributed by atoms with Crippen LogP contribution in [0.2, 0.25) is 0 Å². The van der Waals surface area contributed by atoms with Crippen LogP contribution < -0.4 is 0 Å². The predicted octanol–water partition coefficient (Wildman–Crippen LogP) is 5.07. The Morgan fingerprint density at radius 2 is 1.69 bits per heavy atom. The van der Waals surface area contributed by atoms with E-state index in [1.54, 1.807) is 6.20 Å². The lowest BCUT2D eigenvalue weighted by molar-refractivity contribution is 0.0629. The summed E-state index contributed by atoms with van der Waals surface area (Å²) in [7, 11) is 0. The van der Waals surface area contributed by atoms with Gasteiger partial charge in [0.05, 0.1) is 16.8 Å². The third-order valence-corrected chi connectivity index (χ3v) is 7.08. The zero-order valence-corrected chi connectivity index (χ0v) is 19.7. The van der Waals surface area contributed by atoms with E-state index >= 15 is 0 Å². The summed E-state index contributed by atoms with van der Waals surface area (Å²) in [5.74, 6) is 0.141. The maximum Gasteiger partial charge on any atom is 0.254 e. The van der Waals surface area contributed by atoms with Crippen LogP contribution in [0.1, 0.15) is 39.2 Å². The molecule has 35 heavy (non-hydrogen) atoms. The molecule has 2 aromatic carbocycles. The highest BCUT2D eigenvalue weighted by atomic mass is 16.2. The summed E-state index contributed by atoms with van der Waals surface area (Å²) < 4.78 is 0. The van der Waals surface area contributed by atoms with E-state index < -0.39 is 0 Å². The largest absolute Gasteiger partial charge is 0.336 e. The van der Waals surface area contributed by atoms with Crippen molar-refractivity contribution in [3.63, 3.8) is 0 Å². The van der Waals surface area contributed by atoms with E-state index in [0.29, 0.717) is 0 Å². The zero-order chi connectivity index (χ0) is 23.6. The fourth-order valence-electron chi connectivity index (χ4n) is 5.29. The first kappa shape index (κ1) is 21.7. The van der Waals surface area contributed by atoms with Crippen molar-refractivity contribution in [1.29, 1.82) is 0 Å². The van der Waals surface area contributed by atoms with E-state index in [9.17, 15) is 4.79 Å². The minimum Gasteiger partial charge on any atom is -0.336 e. The Morgan fingerprint density at radius 3 is 2.49 bits per heavy atom. The van der Waals surface area contributed by atoms with Gasteiger partial charge >= 0.3 is 0 Å². The average Bonchev–Trinajstić information content (AvgIpc) is 3.30. The van der Waals surface area contributed by atoms with Crippen molar-refractivity contribution in [2.75, 3.05) is 26.2 Å². The molecule has 0 unspecified atom stereocenters. The molecule has 174 valence electrons. The van der Waals surface area contributed by atoms with Gasteiger partial charge in [-0.1, -0.05) is 54.6 Å². The first-order chi connectivity index (χ1) is 17.3. The molecule has 0 N–H and O–H groups in total. The molecule has 1 fully saturated rings. The topological polar surface area (TPSA) is 49.3 Å². The third kappa shape index (κ3) is 4.35. The van der Waals surface area contributed by atoms with Gasteiger partial charge in [-0.15, -0.1) is 0 Å². The number of rotatable bonds is 4. The van der Waals surface area contributed by atoms with Crippen molar-refractivity contribution in [2.24, 2.45) is 0 Å². The summed E-state index contributed by atoms with van der Waals surface area (Å²) in [6, 6.07) is 22.5. The summed E-state index contributed by atoms with van der Waals surface area (Å²) >= 11 is 0. The van der Waals surface area contributed by atoms with Crippen molar-refractivity contribution in [3.05, 3.63) is 107 Å². The lowest BCUT2D eigenvalue weighted by Gasteiger charge is -2.35.